The molecule has 5 nitrogen and oxygen atoms in total. The predicted molar refractivity (Wildman–Crippen MR) is 99.4 cm³/mol. The minimum Gasteiger partial charge on any atom is -0.360 e. The van der Waals surface area contributed by atoms with E-state index in [4.69, 9.17) is 4.52 Å². The van der Waals surface area contributed by atoms with E-state index in [2.05, 4.69) is 16.1 Å². The van der Waals surface area contributed by atoms with E-state index in [9.17, 15) is 9.18 Å². The average Bonchev–Trinajstić information content (AvgIpc) is 3.15. The van der Waals surface area contributed by atoms with Crippen molar-refractivity contribution >= 4 is 5.91 Å². The molecule has 1 aromatic carbocycles. The van der Waals surface area contributed by atoms with Crippen LogP contribution >= 0.6 is 0 Å². The standard InChI is InChI=1S/C21H26FN3O2/c22-18-8-6-16(7-9-18)13-25-11-10-24(15-21(25)26)14-19-12-20(23-27-19)17-4-2-1-3-5-17/h6-9,12,17H,1-5,10-11,13-15H2. The van der Waals surface area contributed by atoms with Crippen molar-refractivity contribution in [3.8, 4) is 0 Å². The van der Waals surface area contributed by atoms with Gasteiger partial charge >= 0.3 is 0 Å². The van der Waals surface area contributed by atoms with Gasteiger partial charge in [0.2, 0.25) is 5.91 Å². The van der Waals surface area contributed by atoms with E-state index >= 15 is 0 Å². The number of carbonyl (C=O) groups excluding carboxylic acids is 1. The van der Waals surface area contributed by atoms with Crippen molar-refractivity contribution in [2.75, 3.05) is 19.6 Å². The number of halogens is 1. The van der Waals surface area contributed by atoms with Gasteiger partial charge in [0.1, 0.15) is 5.82 Å². The van der Waals surface area contributed by atoms with Crippen LogP contribution in [0, 0.1) is 5.82 Å². The van der Waals surface area contributed by atoms with Gasteiger partial charge in [-0.1, -0.05) is 36.6 Å². The Bertz CT molecular complexity index is 768. The smallest absolute Gasteiger partial charge is 0.237 e. The molecule has 1 aliphatic carbocycles. The van der Waals surface area contributed by atoms with Crippen molar-refractivity contribution in [2.45, 2.75) is 51.1 Å². The Morgan fingerprint density at radius 1 is 1.07 bits per heavy atom. The molecule has 0 unspecified atom stereocenters. The molecule has 1 saturated carbocycles. The molecule has 0 N–H and O–H groups in total. The molecular weight excluding hydrogens is 345 g/mol. The van der Waals surface area contributed by atoms with Crippen LogP contribution in [-0.2, 0) is 17.9 Å². The first-order valence-corrected chi connectivity index (χ1v) is 9.87. The number of aromatic nitrogens is 1. The number of piperazine rings is 1. The third-order valence-electron chi connectivity index (χ3n) is 5.66. The van der Waals surface area contributed by atoms with Crippen molar-refractivity contribution in [3.63, 3.8) is 0 Å². The molecule has 2 fully saturated rings. The number of carbonyl (C=O) groups is 1. The summed E-state index contributed by atoms with van der Waals surface area (Å²) in [6, 6.07) is 8.41. The monoisotopic (exact) mass is 371 g/mol. The van der Waals surface area contributed by atoms with Crippen LogP contribution < -0.4 is 0 Å². The molecule has 1 saturated heterocycles. The van der Waals surface area contributed by atoms with Crippen LogP contribution in [0.2, 0.25) is 0 Å². The molecule has 144 valence electrons. The maximum atomic E-state index is 13.0. The summed E-state index contributed by atoms with van der Waals surface area (Å²) in [4.78, 5) is 16.4. The Hall–Kier alpha value is -2.21. The Morgan fingerprint density at radius 3 is 2.59 bits per heavy atom. The molecule has 0 bridgehead atoms. The minimum atomic E-state index is -0.255. The SMILES string of the molecule is O=C1CN(Cc2cc(C3CCCCC3)no2)CCN1Cc1ccc(F)cc1. The fourth-order valence-electron chi connectivity index (χ4n) is 4.08. The first-order valence-electron chi connectivity index (χ1n) is 9.87. The van der Waals surface area contributed by atoms with Gasteiger partial charge in [-0.3, -0.25) is 9.69 Å². The first-order chi connectivity index (χ1) is 13.2. The zero-order valence-corrected chi connectivity index (χ0v) is 15.6. The Morgan fingerprint density at radius 2 is 1.85 bits per heavy atom. The fraction of sp³-hybridized carbons (Fsp3) is 0.524. The topological polar surface area (TPSA) is 49.6 Å². The summed E-state index contributed by atoms with van der Waals surface area (Å²) < 4.78 is 18.6. The quantitative estimate of drug-likeness (QED) is 0.804. The highest BCUT2D eigenvalue weighted by atomic mass is 19.1. The normalized spacial score (nSPS) is 19.6. The second kappa shape index (κ2) is 8.21. The molecule has 4 rings (SSSR count). The zero-order valence-electron chi connectivity index (χ0n) is 15.6. The molecule has 2 aliphatic rings. The molecule has 1 amide bonds. The van der Waals surface area contributed by atoms with Crippen molar-refractivity contribution in [2.24, 2.45) is 0 Å². The molecule has 0 spiro atoms. The zero-order chi connectivity index (χ0) is 18.6. The number of amides is 1. The van der Waals surface area contributed by atoms with Gasteiger partial charge in [0.05, 0.1) is 18.8 Å². The van der Waals surface area contributed by atoms with Crippen molar-refractivity contribution < 1.29 is 13.7 Å². The van der Waals surface area contributed by atoms with Gasteiger partial charge in [0, 0.05) is 31.6 Å². The van der Waals surface area contributed by atoms with Crippen LogP contribution in [0.4, 0.5) is 4.39 Å². The van der Waals surface area contributed by atoms with Crippen LogP contribution in [-0.4, -0.2) is 40.5 Å². The van der Waals surface area contributed by atoms with Gasteiger partial charge < -0.3 is 9.42 Å². The molecule has 2 heterocycles. The third-order valence-corrected chi connectivity index (χ3v) is 5.66. The molecule has 1 aromatic heterocycles. The number of hydrogen-bond donors (Lipinski definition) is 0. The van der Waals surface area contributed by atoms with Crippen molar-refractivity contribution in [1.29, 1.82) is 0 Å². The largest absolute Gasteiger partial charge is 0.360 e. The summed E-state index contributed by atoms with van der Waals surface area (Å²) in [7, 11) is 0. The van der Waals surface area contributed by atoms with Crippen LogP contribution in [0.15, 0.2) is 34.9 Å². The van der Waals surface area contributed by atoms with Crippen LogP contribution in [0.3, 0.4) is 0 Å². The average molecular weight is 371 g/mol. The van der Waals surface area contributed by atoms with Crippen molar-refractivity contribution in [3.05, 3.63) is 53.2 Å². The molecular formula is C21H26FN3O2. The molecule has 1 aliphatic heterocycles. The van der Waals surface area contributed by atoms with Crippen LogP contribution in [0.1, 0.15) is 55.0 Å². The first kappa shape index (κ1) is 18.2. The van der Waals surface area contributed by atoms with E-state index in [-0.39, 0.29) is 11.7 Å². The van der Waals surface area contributed by atoms with E-state index in [1.165, 1.54) is 44.2 Å². The summed E-state index contributed by atoms with van der Waals surface area (Å²) in [6.07, 6.45) is 6.28. The van der Waals surface area contributed by atoms with E-state index in [0.29, 0.717) is 32.1 Å². The summed E-state index contributed by atoms with van der Waals surface area (Å²) in [6.45, 7) is 2.99. The highest BCUT2D eigenvalue weighted by molar-refractivity contribution is 5.79. The Kier molecular flexibility index (Phi) is 5.53. The second-order valence-electron chi connectivity index (χ2n) is 7.71. The molecule has 6 heteroatoms. The van der Waals surface area contributed by atoms with Gasteiger partial charge in [-0.25, -0.2) is 4.39 Å². The summed E-state index contributed by atoms with van der Waals surface area (Å²) in [5.74, 6) is 1.22. The lowest BCUT2D eigenvalue weighted by Crippen LogP contribution is -2.49. The van der Waals surface area contributed by atoms with Crippen molar-refractivity contribution in [1.82, 2.24) is 15.0 Å². The van der Waals surface area contributed by atoms with Gasteiger partial charge in [-0.15, -0.1) is 0 Å². The van der Waals surface area contributed by atoms with Gasteiger partial charge in [0.25, 0.3) is 0 Å². The van der Waals surface area contributed by atoms with Crippen LogP contribution in [0.5, 0.6) is 0 Å². The lowest BCUT2D eigenvalue weighted by atomic mass is 9.87. The van der Waals surface area contributed by atoms with Gasteiger partial charge in [-0.2, -0.15) is 0 Å². The lowest BCUT2D eigenvalue weighted by molar-refractivity contribution is -0.137. The summed E-state index contributed by atoms with van der Waals surface area (Å²) in [5.41, 5.74) is 2.02. The minimum absolute atomic E-state index is 0.0950. The maximum Gasteiger partial charge on any atom is 0.237 e. The lowest BCUT2D eigenvalue weighted by Gasteiger charge is -2.33. The molecule has 0 atom stereocenters. The number of benzene rings is 1. The van der Waals surface area contributed by atoms with Gasteiger partial charge in [-0.05, 0) is 30.5 Å². The number of hydrogen-bond acceptors (Lipinski definition) is 4. The third kappa shape index (κ3) is 4.56. The molecule has 2 aromatic rings. The molecule has 27 heavy (non-hydrogen) atoms. The van der Waals surface area contributed by atoms with Crippen LogP contribution in [0.25, 0.3) is 0 Å². The second-order valence-corrected chi connectivity index (χ2v) is 7.71. The Balaban J connectivity index is 1.30. The van der Waals surface area contributed by atoms with E-state index in [0.717, 1.165) is 23.6 Å². The number of rotatable bonds is 5. The van der Waals surface area contributed by atoms with E-state index in [1.807, 2.05) is 4.90 Å². The van der Waals surface area contributed by atoms with E-state index in [1.54, 1.807) is 12.1 Å². The highest BCUT2D eigenvalue weighted by Gasteiger charge is 2.26. The number of nitrogens with zero attached hydrogens (tertiary/aromatic N) is 3. The summed E-state index contributed by atoms with van der Waals surface area (Å²) in [5, 5.41) is 4.27. The van der Waals surface area contributed by atoms with Gasteiger partial charge in [0.15, 0.2) is 5.76 Å². The Labute approximate surface area is 159 Å². The highest BCUT2D eigenvalue weighted by Crippen LogP contribution is 2.32. The van der Waals surface area contributed by atoms with E-state index < -0.39 is 0 Å². The fourth-order valence-corrected chi connectivity index (χ4v) is 4.08. The maximum absolute atomic E-state index is 13.0. The molecule has 0 radical (unpaired) electrons. The predicted octanol–water partition coefficient (Wildman–Crippen LogP) is 3.71. The summed E-state index contributed by atoms with van der Waals surface area (Å²) >= 11 is 0.